The van der Waals surface area contributed by atoms with Gasteiger partial charge >= 0.3 is 5.97 Å². The number of hydrogen-bond acceptors (Lipinski definition) is 2. The van der Waals surface area contributed by atoms with Gasteiger partial charge in [0.05, 0.1) is 6.61 Å². The van der Waals surface area contributed by atoms with Crippen LogP contribution in [0.3, 0.4) is 0 Å². The van der Waals surface area contributed by atoms with Gasteiger partial charge in [0.25, 0.3) is 0 Å². The Morgan fingerprint density at radius 2 is 1.75 bits per heavy atom. The first-order valence-electron chi connectivity index (χ1n) is 6.62. The van der Waals surface area contributed by atoms with Gasteiger partial charge < -0.3 is 4.74 Å². The molecular weight excluding hydrogens is 200 g/mol. The highest BCUT2D eigenvalue weighted by Crippen LogP contribution is 2.13. The van der Waals surface area contributed by atoms with Crippen LogP contribution in [0.15, 0.2) is 11.6 Å². The molecule has 0 aliphatic carbocycles. The first-order valence-corrected chi connectivity index (χ1v) is 6.62. The number of rotatable bonds is 9. The maximum Gasteiger partial charge on any atom is 0.333 e. The summed E-state index contributed by atoms with van der Waals surface area (Å²) in [5.74, 6) is -0.125. The largest absolute Gasteiger partial charge is 0.463 e. The van der Waals surface area contributed by atoms with Crippen LogP contribution in [0.5, 0.6) is 0 Å². The average Bonchev–Trinajstić information content (AvgIpc) is 2.27. The van der Waals surface area contributed by atoms with Crippen molar-refractivity contribution in [3.8, 4) is 0 Å². The second-order valence-corrected chi connectivity index (χ2v) is 4.02. The molecule has 0 saturated carbocycles. The molecule has 0 N–H and O–H groups in total. The molecule has 0 aliphatic rings. The molecule has 2 nitrogen and oxygen atoms in total. The average molecular weight is 226 g/mol. The predicted octanol–water partition coefficient (Wildman–Crippen LogP) is 4.25. The number of esters is 1. The topological polar surface area (TPSA) is 26.3 Å². The van der Waals surface area contributed by atoms with Crippen LogP contribution in [-0.2, 0) is 9.53 Å². The first-order chi connectivity index (χ1) is 7.76. The first kappa shape index (κ1) is 15.2. The van der Waals surface area contributed by atoms with Gasteiger partial charge in [0.15, 0.2) is 0 Å². The van der Waals surface area contributed by atoms with Crippen LogP contribution in [0.1, 0.15) is 65.7 Å². The maximum absolute atomic E-state index is 11.6. The summed E-state index contributed by atoms with van der Waals surface area (Å²) in [7, 11) is 0. The van der Waals surface area contributed by atoms with Crippen molar-refractivity contribution < 1.29 is 9.53 Å². The Kier molecular flexibility index (Phi) is 10.2. The molecule has 0 bridgehead atoms. The minimum atomic E-state index is -0.125. The molecular formula is C14H26O2. The summed E-state index contributed by atoms with van der Waals surface area (Å²) in [6, 6.07) is 0. The summed E-state index contributed by atoms with van der Waals surface area (Å²) in [4.78, 5) is 11.6. The summed E-state index contributed by atoms with van der Waals surface area (Å²) in [5.41, 5.74) is 0.862. The number of hydrogen-bond donors (Lipinski definition) is 0. The fourth-order valence-electron chi connectivity index (χ4n) is 1.68. The molecule has 0 atom stereocenters. The minimum absolute atomic E-state index is 0.125. The zero-order valence-electron chi connectivity index (χ0n) is 11.1. The molecule has 0 amide bonds. The molecule has 0 spiro atoms. The van der Waals surface area contributed by atoms with Crippen LogP contribution in [0, 0.1) is 0 Å². The Morgan fingerprint density at radius 3 is 2.31 bits per heavy atom. The Bertz CT molecular complexity index is 207. The molecule has 0 heterocycles. The van der Waals surface area contributed by atoms with Crippen molar-refractivity contribution >= 4 is 5.97 Å². The number of ether oxygens (including phenoxy) is 1. The lowest BCUT2D eigenvalue weighted by molar-refractivity contribution is -0.138. The van der Waals surface area contributed by atoms with E-state index < -0.39 is 0 Å². The second-order valence-electron chi connectivity index (χ2n) is 4.02. The van der Waals surface area contributed by atoms with Gasteiger partial charge in [0.2, 0.25) is 0 Å². The molecule has 0 aliphatic heterocycles. The van der Waals surface area contributed by atoms with Crippen LogP contribution < -0.4 is 0 Å². The van der Waals surface area contributed by atoms with E-state index in [1.807, 2.05) is 13.0 Å². The van der Waals surface area contributed by atoms with Crippen molar-refractivity contribution in [2.45, 2.75) is 65.7 Å². The molecule has 0 aromatic rings. The third kappa shape index (κ3) is 7.49. The monoisotopic (exact) mass is 226 g/mol. The minimum Gasteiger partial charge on any atom is -0.463 e. The molecule has 0 fully saturated rings. The highest BCUT2D eigenvalue weighted by Gasteiger charge is 2.08. The van der Waals surface area contributed by atoms with Gasteiger partial charge in [-0.2, -0.15) is 0 Å². The highest BCUT2D eigenvalue weighted by atomic mass is 16.5. The Balaban J connectivity index is 3.86. The van der Waals surface area contributed by atoms with Gasteiger partial charge in [0, 0.05) is 5.57 Å². The van der Waals surface area contributed by atoms with E-state index in [1.165, 1.54) is 25.7 Å². The molecule has 0 radical (unpaired) electrons. The van der Waals surface area contributed by atoms with Gasteiger partial charge in [-0.25, -0.2) is 4.79 Å². The third-order valence-corrected chi connectivity index (χ3v) is 2.54. The lowest BCUT2D eigenvalue weighted by Crippen LogP contribution is -2.07. The fourth-order valence-corrected chi connectivity index (χ4v) is 1.68. The van der Waals surface area contributed by atoms with E-state index in [0.717, 1.165) is 24.8 Å². The van der Waals surface area contributed by atoms with Crippen LogP contribution in [-0.4, -0.2) is 12.6 Å². The summed E-state index contributed by atoms with van der Waals surface area (Å²) in [6.07, 6.45) is 9.93. The Hall–Kier alpha value is -0.790. The highest BCUT2D eigenvalue weighted by molar-refractivity contribution is 5.88. The van der Waals surface area contributed by atoms with E-state index in [2.05, 4.69) is 13.8 Å². The second kappa shape index (κ2) is 10.7. The van der Waals surface area contributed by atoms with Gasteiger partial charge in [-0.05, 0) is 26.2 Å². The van der Waals surface area contributed by atoms with Gasteiger partial charge in [-0.15, -0.1) is 0 Å². The van der Waals surface area contributed by atoms with Crippen molar-refractivity contribution in [2.75, 3.05) is 6.61 Å². The molecule has 0 unspecified atom stereocenters. The fraction of sp³-hybridized carbons (Fsp3) is 0.786. The molecule has 0 saturated heterocycles. The van der Waals surface area contributed by atoms with Crippen molar-refractivity contribution in [3.05, 3.63) is 11.6 Å². The van der Waals surface area contributed by atoms with E-state index in [9.17, 15) is 4.79 Å². The number of carbonyl (C=O) groups excluding carboxylic acids is 1. The number of carbonyl (C=O) groups is 1. The van der Waals surface area contributed by atoms with Crippen LogP contribution >= 0.6 is 0 Å². The molecule has 16 heavy (non-hydrogen) atoms. The SMILES string of the molecule is CCC=C(CCCCCCC)C(=O)OCC. The maximum atomic E-state index is 11.6. The van der Waals surface area contributed by atoms with Gasteiger partial charge in [-0.1, -0.05) is 45.6 Å². The van der Waals surface area contributed by atoms with E-state index in [1.54, 1.807) is 0 Å². The molecule has 0 aromatic heterocycles. The Morgan fingerprint density at radius 1 is 1.06 bits per heavy atom. The number of unbranched alkanes of at least 4 members (excludes halogenated alkanes) is 4. The van der Waals surface area contributed by atoms with Crippen molar-refractivity contribution in [1.29, 1.82) is 0 Å². The lowest BCUT2D eigenvalue weighted by atomic mass is 10.0. The zero-order chi connectivity index (χ0) is 12.2. The summed E-state index contributed by atoms with van der Waals surface area (Å²) in [6.45, 7) is 6.58. The predicted molar refractivity (Wildman–Crippen MR) is 68.4 cm³/mol. The summed E-state index contributed by atoms with van der Waals surface area (Å²) in [5, 5.41) is 0. The molecule has 0 rings (SSSR count). The van der Waals surface area contributed by atoms with Crippen molar-refractivity contribution in [2.24, 2.45) is 0 Å². The van der Waals surface area contributed by atoms with E-state index in [4.69, 9.17) is 4.74 Å². The van der Waals surface area contributed by atoms with Crippen LogP contribution in [0.4, 0.5) is 0 Å². The molecule has 0 aromatic carbocycles. The van der Waals surface area contributed by atoms with Crippen LogP contribution in [0.25, 0.3) is 0 Å². The Labute approximate surface area is 100 Å². The molecule has 94 valence electrons. The number of allylic oxidation sites excluding steroid dienone is 1. The van der Waals surface area contributed by atoms with Gasteiger partial charge in [0.1, 0.15) is 0 Å². The zero-order valence-corrected chi connectivity index (χ0v) is 11.1. The van der Waals surface area contributed by atoms with E-state index >= 15 is 0 Å². The standard InChI is InChI=1S/C14H26O2/c1-4-7-8-9-10-12-13(11-5-2)14(15)16-6-3/h11H,4-10,12H2,1-3H3. The van der Waals surface area contributed by atoms with E-state index in [-0.39, 0.29) is 5.97 Å². The van der Waals surface area contributed by atoms with Crippen LogP contribution in [0.2, 0.25) is 0 Å². The van der Waals surface area contributed by atoms with Gasteiger partial charge in [-0.3, -0.25) is 0 Å². The summed E-state index contributed by atoms with van der Waals surface area (Å²) >= 11 is 0. The van der Waals surface area contributed by atoms with Crippen molar-refractivity contribution in [1.82, 2.24) is 0 Å². The molecule has 2 heteroatoms. The quantitative estimate of drug-likeness (QED) is 0.334. The normalized spacial score (nSPS) is 11.6. The van der Waals surface area contributed by atoms with E-state index in [0.29, 0.717) is 6.61 Å². The lowest BCUT2D eigenvalue weighted by Gasteiger charge is -2.06. The third-order valence-electron chi connectivity index (χ3n) is 2.54. The van der Waals surface area contributed by atoms with Crippen molar-refractivity contribution in [3.63, 3.8) is 0 Å². The summed E-state index contributed by atoms with van der Waals surface area (Å²) < 4.78 is 5.03. The smallest absolute Gasteiger partial charge is 0.333 e.